The first-order valence-corrected chi connectivity index (χ1v) is 10.4. The minimum Gasteiger partial charge on any atom is -0.457 e. The average Bonchev–Trinajstić information content (AvgIpc) is 3.25. The molecule has 0 unspecified atom stereocenters. The van der Waals surface area contributed by atoms with Crippen molar-refractivity contribution in [2.24, 2.45) is 11.8 Å². The third kappa shape index (κ3) is 6.94. The number of rotatable bonds is 10. The highest BCUT2D eigenvalue weighted by molar-refractivity contribution is 5.79. The molecule has 0 aromatic carbocycles. The van der Waals surface area contributed by atoms with E-state index in [9.17, 15) is 19.2 Å². The van der Waals surface area contributed by atoms with E-state index in [1.807, 2.05) is 0 Å². The minimum atomic E-state index is -0.586. The number of nitrogens with one attached hydrogen (secondary N) is 2. The SMILES string of the molecule is CC(C)C(=O)NCCC(=O)O[C@H]1CO[C@H]2[C@@H]1OC[C@H]2OC(=O)CCNC(=O)C(C)C. The molecule has 30 heavy (non-hydrogen) atoms. The van der Waals surface area contributed by atoms with Crippen LogP contribution in [0.15, 0.2) is 0 Å². The maximum atomic E-state index is 12.0. The summed E-state index contributed by atoms with van der Waals surface area (Å²) in [5.74, 6) is -1.47. The van der Waals surface area contributed by atoms with Crippen molar-refractivity contribution in [2.45, 2.75) is 65.0 Å². The molecule has 0 radical (unpaired) electrons. The number of fused-ring (bicyclic) bond motifs is 1. The zero-order chi connectivity index (χ0) is 22.3. The molecule has 0 aromatic heterocycles. The highest BCUT2D eigenvalue weighted by Gasteiger charge is 2.51. The second-order valence-electron chi connectivity index (χ2n) is 8.04. The van der Waals surface area contributed by atoms with Crippen molar-refractivity contribution >= 4 is 23.8 Å². The van der Waals surface area contributed by atoms with Gasteiger partial charge in [-0.2, -0.15) is 0 Å². The third-order valence-corrected chi connectivity index (χ3v) is 4.83. The van der Waals surface area contributed by atoms with Crippen LogP contribution in [0.25, 0.3) is 0 Å². The molecule has 2 fully saturated rings. The van der Waals surface area contributed by atoms with Gasteiger partial charge in [-0.1, -0.05) is 27.7 Å². The molecule has 2 aliphatic rings. The lowest BCUT2D eigenvalue weighted by Crippen LogP contribution is -2.37. The zero-order valence-corrected chi connectivity index (χ0v) is 18.0. The molecule has 0 bridgehead atoms. The molecule has 2 saturated heterocycles. The Kier molecular flexibility index (Phi) is 9.04. The van der Waals surface area contributed by atoms with E-state index in [2.05, 4.69) is 10.6 Å². The largest absolute Gasteiger partial charge is 0.457 e. The van der Waals surface area contributed by atoms with Gasteiger partial charge in [0.05, 0.1) is 26.1 Å². The summed E-state index contributed by atoms with van der Waals surface area (Å²) >= 11 is 0. The zero-order valence-electron chi connectivity index (χ0n) is 18.0. The molecule has 10 heteroatoms. The lowest BCUT2D eigenvalue weighted by molar-refractivity contribution is -0.155. The molecule has 0 aromatic rings. The Morgan fingerprint density at radius 1 is 0.767 bits per heavy atom. The number of ether oxygens (including phenoxy) is 4. The number of hydrogen-bond donors (Lipinski definition) is 2. The van der Waals surface area contributed by atoms with Crippen LogP contribution in [-0.4, -0.2) is 74.5 Å². The Bertz CT molecular complexity index is 582. The van der Waals surface area contributed by atoms with Gasteiger partial charge in [-0.3, -0.25) is 19.2 Å². The summed E-state index contributed by atoms with van der Waals surface area (Å²) in [6.07, 6.45) is -2.08. The number of amides is 2. The Morgan fingerprint density at radius 3 is 1.47 bits per heavy atom. The normalized spacial score (nSPS) is 25.1. The van der Waals surface area contributed by atoms with Crippen LogP contribution < -0.4 is 10.6 Å². The fourth-order valence-corrected chi connectivity index (χ4v) is 3.07. The number of hydrogen-bond acceptors (Lipinski definition) is 8. The fourth-order valence-electron chi connectivity index (χ4n) is 3.07. The van der Waals surface area contributed by atoms with Gasteiger partial charge in [-0.05, 0) is 0 Å². The van der Waals surface area contributed by atoms with E-state index in [0.29, 0.717) is 0 Å². The Hall–Kier alpha value is -2.20. The molecular formula is C20H32N2O8. The van der Waals surface area contributed by atoms with Crippen molar-refractivity contribution in [1.82, 2.24) is 10.6 Å². The third-order valence-electron chi connectivity index (χ3n) is 4.83. The number of carbonyl (C=O) groups is 4. The molecule has 2 amide bonds. The predicted octanol–water partition coefficient (Wildman–Crippen LogP) is -0.0678. The van der Waals surface area contributed by atoms with Gasteiger partial charge < -0.3 is 29.6 Å². The van der Waals surface area contributed by atoms with Gasteiger partial charge in [0.15, 0.2) is 12.2 Å². The predicted molar refractivity (Wildman–Crippen MR) is 104 cm³/mol. The molecule has 2 rings (SSSR count). The monoisotopic (exact) mass is 428 g/mol. The van der Waals surface area contributed by atoms with E-state index in [1.165, 1.54) is 0 Å². The summed E-state index contributed by atoms with van der Waals surface area (Å²) in [5, 5.41) is 5.31. The molecule has 170 valence electrons. The minimum absolute atomic E-state index is 0.0485. The van der Waals surface area contributed by atoms with Crippen molar-refractivity contribution < 1.29 is 38.1 Å². The van der Waals surface area contributed by atoms with Crippen LogP contribution in [0.3, 0.4) is 0 Å². The maximum absolute atomic E-state index is 12.0. The summed E-state index contributed by atoms with van der Waals surface area (Å²) in [6, 6.07) is 0. The Morgan fingerprint density at radius 2 is 1.13 bits per heavy atom. The van der Waals surface area contributed by atoms with Gasteiger partial charge in [0.25, 0.3) is 0 Å². The van der Waals surface area contributed by atoms with Crippen LogP contribution in [0.2, 0.25) is 0 Å². The number of esters is 2. The molecule has 2 N–H and O–H groups in total. The first-order valence-electron chi connectivity index (χ1n) is 10.4. The van der Waals surface area contributed by atoms with E-state index in [0.717, 1.165) is 0 Å². The molecule has 4 atom stereocenters. The first kappa shape index (κ1) is 24.1. The van der Waals surface area contributed by atoms with Crippen molar-refractivity contribution in [3.63, 3.8) is 0 Å². The second kappa shape index (κ2) is 11.3. The highest BCUT2D eigenvalue weighted by Crippen LogP contribution is 2.30. The van der Waals surface area contributed by atoms with Crippen LogP contribution in [0.1, 0.15) is 40.5 Å². The van der Waals surface area contributed by atoms with Gasteiger partial charge in [0, 0.05) is 24.9 Å². The van der Waals surface area contributed by atoms with E-state index in [1.54, 1.807) is 27.7 Å². The Balaban J connectivity index is 1.69. The molecule has 0 spiro atoms. The summed E-state index contributed by atoms with van der Waals surface area (Å²) in [4.78, 5) is 47.0. The fraction of sp³-hybridized carbons (Fsp3) is 0.800. The van der Waals surface area contributed by atoms with Crippen LogP contribution in [0.4, 0.5) is 0 Å². The lowest BCUT2D eigenvalue weighted by atomic mass is 10.1. The van der Waals surface area contributed by atoms with Crippen molar-refractivity contribution in [3.8, 4) is 0 Å². The molecule has 0 saturated carbocycles. The van der Waals surface area contributed by atoms with Crippen LogP contribution >= 0.6 is 0 Å². The average molecular weight is 428 g/mol. The quantitative estimate of drug-likeness (QED) is 0.463. The van der Waals surface area contributed by atoms with Gasteiger partial charge >= 0.3 is 11.9 Å². The summed E-state index contributed by atoms with van der Waals surface area (Å²) in [7, 11) is 0. The summed E-state index contributed by atoms with van der Waals surface area (Å²) in [5.41, 5.74) is 0. The van der Waals surface area contributed by atoms with Crippen molar-refractivity contribution in [2.75, 3.05) is 26.3 Å². The van der Waals surface area contributed by atoms with E-state index in [-0.39, 0.29) is 62.8 Å². The van der Waals surface area contributed by atoms with E-state index < -0.39 is 36.4 Å². The molecule has 2 heterocycles. The molecule has 10 nitrogen and oxygen atoms in total. The molecule has 2 aliphatic heterocycles. The molecule has 0 aliphatic carbocycles. The summed E-state index contributed by atoms with van der Waals surface area (Å²) in [6.45, 7) is 7.78. The van der Waals surface area contributed by atoms with E-state index >= 15 is 0 Å². The lowest BCUT2D eigenvalue weighted by Gasteiger charge is -2.17. The maximum Gasteiger partial charge on any atom is 0.308 e. The molecular weight excluding hydrogens is 396 g/mol. The standard InChI is InChI=1S/C20H32N2O8/c1-11(2)19(25)21-7-5-15(23)29-13-9-27-18-14(10-28-17(13)18)30-16(24)6-8-22-20(26)12(3)4/h11-14,17-18H,5-10H2,1-4H3,(H,21,25)(H,22,26)/t13-,14+,17-,18-/m1/s1. The van der Waals surface area contributed by atoms with Gasteiger partial charge in [0.2, 0.25) is 11.8 Å². The second-order valence-corrected chi connectivity index (χ2v) is 8.04. The topological polar surface area (TPSA) is 129 Å². The van der Waals surface area contributed by atoms with Crippen LogP contribution in [0, 0.1) is 11.8 Å². The number of carbonyl (C=O) groups excluding carboxylic acids is 4. The van der Waals surface area contributed by atoms with E-state index in [4.69, 9.17) is 18.9 Å². The highest BCUT2D eigenvalue weighted by atomic mass is 16.7. The summed E-state index contributed by atoms with van der Waals surface area (Å²) < 4.78 is 22.1. The Labute approximate surface area is 176 Å². The van der Waals surface area contributed by atoms with Crippen molar-refractivity contribution in [1.29, 1.82) is 0 Å². The van der Waals surface area contributed by atoms with Crippen LogP contribution in [0.5, 0.6) is 0 Å². The first-order chi connectivity index (χ1) is 14.2. The smallest absolute Gasteiger partial charge is 0.308 e. The van der Waals surface area contributed by atoms with Crippen molar-refractivity contribution in [3.05, 3.63) is 0 Å². The van der Waals surface area contributed by atoms with Gasteiger partial charge in [-0.15, -0.1) is 0 Å². The van der Waals surface area contributed by atoms with Crippen LogP contribution in [-0.2, 0) is 38.1 Å². The van der Waals surface area contributed by atoms with Gasteiger partial charge in [0.1, 0.15) is 12.2 Å². The van der Waals surface area contributed by atoms with Gasteiger partial charge in [-0.25, -0.2) is 0 Å².